The third kappa shape index (κ3) is 5.12. The minimum atomic E-state index is -3.51. The lowest BCUT2D eigenvalue weighted by molar-refractivity contribution is -0.115. The van der Waals surface area contributed by atoms with Crippen LogP contribution in [0.25, 0.3) is 11.3 Å². The Morgan fingerprint density at radius 2 is 1.86 bits per heavy atom. The predicted octanol–water partition coefficient (Wildman–Crippen LogP) is 3.63. The number of amides is 1. The summed E-state index contributed by atoms with van der Waals surface area (Å²) in [5, 5.41) is 4.82. The number of thiazole rings is 1. The van der Waals surface area contributed by atoms with E-state index in [1.54, 1.807) is 56.0 Å². The van der Waals surface area contributed by atoms with Crippen LogP contribution >= 0.6 is 11.3 Å². The topological polar surface area (TPSA) is 94.6 Å². The minimum Gasteiger partial charge on any atom is -0.497 e. The largest absolute Gasteiger partial charge is 0.497 e. The molecule has 0 aliphatic rings. The molecular formula is C20H20N2O5S2. The van der Waals surface area contributed by atoms with E-state index in [-0.39, 0.29) is 17.1 Å². The summed E-state index contributed by atoms with van der Waals surface area (Å²) in [6, 6.07) is 13.4. The molecule has 29 heavy (non-hydrogen) atoms. The number of hydrogen-bond donors (Lipinski definition) is 1. The Morgan fingerprint density at radius 1 is 1.10 bits per heavy atom. The van der Waals surface area contributed by atoms with Crippen molar-refractivity contribution in [2.45, 2.75) is 11.3 Å². The molecule has 2 aromatic carbocycles. The molecule has 3 aromatic rings. The molecule has 0 radical (unpaired) electrons. The lowest BCUT2D eigenvalue weighted by atomic mass is 10.1. The zero-order valence-corrected chi connectivity index (χ0v) is 17.5. The van der Waals surface area contributed by atoms with Gasteiger partial charge in [0.2, 0.25) is 5.91 Å². The fraction of sp³-hybridized carbons (Fsp3) is 0.200. The van der Waals surface area contributed by atoms with Crippen molar-refractivity contribution in [1.29, 1.82) is 0 Å². The number of methoxy groups -OCH3 is 2. The van der Waals surface area contributed by atoms with Crippen molar-refractivity contribution < 1.29 is 22.7 Å². The smallest absolute Gasteiger partial charge is 0.227 e. The SMILES string of the molecule is COc1ccc(OC)c(-c2csc(NC(=O)CCS(=O)(=O)c3ccccc3)n2)c1. The summed E-state index contributed by atoms with van der Waals surface area (Å²) in [5.74, 6) is 0.599. The van der Waals surface area contributed by atoms with Gasteiger partial charge in [-0.15, -0.1) is 11.3 Å². The molecule has 1 heterocycles. The first kappa shape index (κ1) is 20.8. The number of sulfone groups is 1. The number of carbonyl (C=O) groups is 1. The van der Waals surface area contributed by atoms with Crippen LogP contribution in [0.1, 0.15) is 6.42 Å². The first-order valence-corrected chi connectivity index (χ1v) is 11.2. The average molecular weight is 433 g/mol. The summed E-state index contributed by atoms with van der Waals surface area (Å²) >= 11 is 1.25. The van der Waals surface area contributed by atoms with E-state index < -0.39 is 15.7 Å². The molecule has 0 spiro atoms. The van der Waals surface area contributed by atoms with Crippen LogP contribution in [0, 0.1) is 0 Å². The highest BCUT2D eigenvalue weighted by Gasteiger charge is 2.17. The number of aromatic nitrogens is 1. The van der Waals surface area contributed by atoms with E-state index >= 15 is 0 Å². The number of anilines is 1. The summed E-state index contributed by atoms with van der Waals surface area (Å²) < 4.78 is 35.2. The van der Waals surface area contributed by atoms with Gasteiger partial charge in [-0.05, 0) is 30.3 Å². The van der Waals surface area contributed by atoms with E-state index in [1.165, 1.54) is 23.5 Å². The monoisotopic (exact) mass is 432 g/mol. The Hall–Kier alpha value is -2.91. The summed E-state index contributed by atoms with van der Waals surface area (Å²) in [7, 11) is -0.376. The van der Waals surface area contributed by atoms with Crippen LogP contribution in [0.5, 0.6) is 11.5 Å². The maximum absolute atomic E-state index is 12.3. The van der Waals surface area contributed by atoms with Crippen LogP contribution < -0.4 is 14.8 Å². The summed E-state index contributed by atoms with van der Waals surface area (Å²) in [4.78, 5) is 16.8. The second-order valence-electron chi connectivity index (χ2n) is 6.03. The third-order valence-corrected chi connectivity index (χ3v) is 6.62. The number of carbonyl (C=O) groups excluding carboxylic acids is 1. The Morgan fingerprint density at radius 3 is 2.55 bits per heavy atom. The molecule has 0 aliphatic carbocycles. The minimum absolute atomic E-state index is 0.158. The molecule has 1 N–H and O–H groups in total. The number of hydrogen-bond acceptors (Lipinski definition) is 7. The van der Waals surface area contributed by atoms with Crippen LogP contribution in [0.4, 0.5) is 5.13 Å². The molecular weight excluding hydrogens is 412 g/mol. The Labute approximate surface area is 173 Å². The van der Waals surface area contributed by atoms with Crippen LogP contribution in [-0.4, -0.2) is 39.3 Å². The molecule has 152 valence electrons. The molecule has 3 rings (SSSR count). The maximum atomic E-state index is 12.3. The van der Waals surface area contributed by atoms with Crippen molar-refractivity contribution in [3.8, 4) is 22.8 Å². The summed E-state index contributed by atoms with van der Waals surface area (Å²) in [6.45, 7) is 0. The van der Waals surface area contributed by atoms with Crippen molar-refractivity contribution in [2.75, 3.05) is 25.3 Å². The van der Waals surface area contributed by atoms with E-state index in [2.05, 4.69) is 10.3 Å². The highest BCUT2D eigenvalue weighted by Crippen LogP contribution is 2.35. The fourth-order valence-corrected chi connectivity index (χ4v) is 4.61. The molecule has 0 bridgehead atoms. The zero-order valence-electron chi connectivity index (χ0n) is 15.9. The predicted molar refractivity (Wildman–Crippen MR) is 112 cm³/mol. The number of rotatable bonds is 8. The number of ether oxygens (including phenoxy) is 2. The van der Waals surface area contributed by atoms with Crippen molar-refractivity contribution in [3.05, 3.63) is 53.9 Å². The normalized spacial score (nSPS) is 11.1. The van der Waals surface area contributed by atoms with Gasteiger partial charge in [-0.1, -0.05) is 18.2 Å². The molecule has 0 fully saturated rings. The van der Waals surface area contributed by atoms with E-state index in [4.69, 9.17) is 9.47 Å². The standard InChI is InChI=1S/C20H20N2O5S2/c1-26-14-8-9-18(27-2)16(12-14)17-13-28-20(21-17)22-19(23)10-11-29(24,25)15-6-4-3-5-7-15/h3-9,12-13H,10-11H2,1-2H3,(H,21,22,23). The van der Waals surface area contributed by atoms with E-state index in [0.29, 0.717) is 22.3 Å². The van der Waals surface area contributed by atoms with E-state index in [0.717, 1.165) is 5.56 Å². The van der Waals surface area contributed by atoms with Crippen LogP contribution in [0.2, 0.25) is 0 Å². The van der Waals surface area contributed by atoms with Gasteiger partial charge in [0.1, 0.15) is 11.5 Å². The molecule has 1 amide bonds. The van der Waals surface area contributed by atoms with Gasteiger partial charge < -0.3 is 14.8 Å². The van der Waals surface area contributed by atoms with Gasteiger partial charge in [0.05, 0.1) is 30.6 Å². The Balaban J connectivity index is 1.67. The quantitative estimate of drug-likeness (QED) is 0.584. The fourth-order valence-electron chi connectivity index (χ4n) is 2.62. The summed E-state index contributed by atoms with van der Waals surface area (Å²) in [5.41, 5.74) is 1.35. The number of nitrogens with zero attached hydrogens (tertiary/aromatic N) is 1. The van der Waals surface area contributed by atoms with Crippen LogP contribution in [-0.2, 0) is 14.6 Å². The Bertz CT molecular complexity index is 1100. The van der Waals surface area contributed by atoms with Crippen LogP contribution in [0.15, 0.2) is 58.8 Å². The molecule has 0 saturated heterocycles. The first-order chi connectivity index (χ1) is 13.9. The molecule has 7 nitrogen and oxygen atoms in total. The highest BCUT2D eigenvalue weighted by atomic mass is 32.2. The molecule has 1 aromatic heterocycles. The number of benzene rings is 2. The van der Waals surface area contributed by atoms with Crippen molar-refractivity contribution in [1.82, 2.24) is 4.98 Å². The van der Waals surface area contributed by atoms with Gasteiger partial charge in [-0.2, -0.15) is 0 Å². The lowest BCUT2D eigenvalue weighted by Gasteiger charge is -2.08. The van der Waals surface area contributed by atoms with Gasteiger partial charge in [-0.3, -0.25) is 4.79 Å². The second kappa shape index (κ2) is 9.06. The molecule has 0 aliphatic heterocycles. The van der Waals surface area contributed by atoms with Gasteiger partial charge in [0.15, 0.2) is 15.0 Å². The zero-order chi connectivity index (χ0) is 20.9. The number of nitrogens with one attached hydrogen (secondary N) is 1. The van der Waals surface area contributed by atoms with Crippen molar-refractivity contribution in [3.63, 3.8) is 0 Å². The third-order valence-electron chi connectivity index (χ3n) is 4.13. The van der Waals surface area contributed by atoms with Gasteiger partial charge >= 0.3 is 0 Å². The van der Waals surface area contributed by atoms with Gasteiger partial charge in [-0.25, -0.2) is 13.4 Å². The van der Waals surface area contributed by atoms with E-state index in [1.807, 2.05) is 0 Å². The second-order valence-corrected chi connectivity index (χ2v) is 9.00. The van der Waals surface area contributed by atoms with Gasteiger partial charge in [0, 0.05) is 17.4 Å². The molecule has 9 heteroatoms. The van der Waals surface area contributed by atoms with Crippen molar-refractivity contribution in [2.24, 2.45) is 0 Å². The molecule has 0 unspecified atom stereocenters. The van der Waals surface area contributed by atoms with Gasteiger partial charge in [0.25, 0.3) is 0 Å². The van der Waals surface area contributed by atoms with Crippen LogP contribution in [0.3, 0.4) is 0 Å². The average Bonchev–Trinajstić information content (AvgIpc) is 3.20. The molecule has 0 saturated carbocycles. The maximum Gasteiger partial charge on any atom is 0.227 e. The first-order valence-electron chi connectivity index (χ1n) is 8.68. The highest BCUT2D eigenvalue weighted by molar-refractivity contribution is 7.91. The Kier molecular flexibility index (Phi) is 6.50. The summed E-state index contributed by atoms with van der Waals surface area (Å²) in [6.07, 6.45) is -0.158. The lowest BCUT2D eigenvalue weighted by Crippen LogP contribution is -2.17. The van der Waals surface area contributed by atoms with Crippen molar-refractivity contribution >= 4 is 32.2 Å². The molecule has 0 atom stereocenters. The van der Waals surface area contributed by atoms with E-state index in [9.17, 15) is 13.2 Å².